The molecule has 0 saturated carbocycles. The van der Waals surface area contributed by atoms with Gasteiger partial charge in [-0.25, -0.2) is 4.68 Å². The summed E-state index contributed by atoms with van der Waals surface area (Å²) in [6.07, 6.45) is 4.68. The van der Waals surface area contributed by atoms with Gasteiger partial charge in [0.05, 0.1) is 38.3 Å². The van der Waals surface area contributed by atoms with Crippen molar-refractivity contribution >= 4 is 29.3 Å². The van der Waals surface area contributed by atoms with Crippen LogP contribution in [0.15, 0.2) is 85.1 Å². The predicted molar refractivity (Wildman–Crippen MR) is 137 cm³/mol. The Balaban J connectivity index is 1.44. The van der Waals surface area contributed by atoms with Gasteiger partial charge in [0.2, 0.25) is 5.91 Å². The summed E-state index contributed by atoms with van der Waals surface area (Å²) in [7, 11) is 2.95. The Morgan fingerprint density at radius 1 is 0.889 bits per heavy atom. The normalized spacial score (nSPS) is 10.7. The summed E-state index contributed by atoms with van der Waals surface area (Å²) in [6, 6.07) is 21.9. The van der Waals surface area contributed by atoms with Crippen LogP contribution in [0.3, 0.4) is 0 Å². The number of anilines is 2. The first-order valence-electron chi connectivity index (χ1n) is 11.1. The van der Waals surface area contributed by atoms with Crippen molar-refractivity contribution in [2.24, 2.45) is 0 Å². The van der Waals surface area contributed by atoms with Crippen molar-refractivity contribution in [1.29, 1.82) is 0 Å². The number of nitrogens with zero attached hydrogens (tertiary/aromatic N) is 3. The minimum Gasteiger partial charge on any atom is -0.494 e. The highest BCUT2D eigenvalue weighted by Gasteiger charge is 2.15. The van der Waals surface area contributed by atoms with Gasteiger partial charge >= 0.3 is 0 Å². The van der Waals surface area contributed by atoms with E-state index in [-0.39, 0.29) is 5.91 Å². The van der Waals surface area contributed by atoms with E-state index in [0.717, 1.165) is 5.56 Å². The molecule has 2 amide bonds. The molecule has 0 bridgehead atoms. The molecular weight excluding hydrogens is 458 g/mol. The molecule has 0 aliphatic rings. The van der Waals surface area contributed by atoms with Crippen LogP contribution in [0.1, 0.15) is 21.6 Å². The highest BCUT2D eigenvalue weighted by atomic mass is 16.5. The Morgan fingerprint density at radius 2 is 1.50 bits per heavy atom. The third-order valence-corrected chi connectivity index (χ3v) is 5.21. The maximum absolute atomic E-state index is 12.6. The van der Waals surface area contributed by atoms with Gasteiger partial charge in [-0.1, -0.05) is 53.7 Å². The van der Waals surface area contributed by atoms with Gasteiger partial charge in [-0.05, 0) is 23.8 Å². The van der Waals surface area contributed by atoms with Crippen molar-refractivity contribution in [2.45, 2.75) is 6.54 Å². The van der Waals surface area contributed by atoms with Crippen LogP contribution in [0.5, 0.6) is 11.5 Å². The zero-order chi connectivity index (χ0) is 25.3. The Bertz CT molecular complexity index is 1370. The number of aromatic nitrogens is 3. The van der Waals surface area contributed by atoms with E-state index in [1.54, 1.807) is 53.4 Å². The molecule has 0 atom stereocenters. The van der Waals surface area contributed by atoms with E-state index in [2.05, 4.69) is 20.9 Å². The molecule has 0 fully saturated rings. The molecule has 0 aliphatic carbocycles. The highest BCUT2D eigenvalue weighted by Crippen LogP contribution is 2.36. The summed E-state index contributed by atoms with van der Waals surface area (Å²) < 4.78 is 12.5. The lowest BCUT2D eigenvalue weighted by molar-refractivity contribution is -0.111. The van der Waals surface area contributed by atoms with Crippen LogP contribution in [0.4, 0.5) is 11.4 Å². The van der Waals surface area contributed by atoms with Crippen LogP contribution >= 0.6 is 0 Å². The summed E-state index contributed by atoms with van der Waals surface area (Å²) in [5.41, 5.74) is 2.94. The van der Waals surface area contributed by atoms with Gasteiger partial charge in [0.1, 0.15) is 17.2 Å². The lowest BCUT2D eigenvalue weighted by Crippen LogP contribution is -2.14. The molecule has 1 heterocycles. The van der Waals surface area contributed by atoms with E-state index >= 15 is 0 Å². The maximum atomic E-state index is 12.6. The number of ether oxygens (including phenoxy) is 2. The van der Waals surface area contributed by atoms with Crippen LogP contribution < -0.4 is 20.1 Å². The van der Waals surface area contributed by atoms with Crippen molar-refractivity contribution in [1.82, 2.24) is 15.0 Å². The molecule has 0 radical (unpaired) electrons. The minimum atomic E-state index is -0.394. The van der Waals surface area contributed by atoms with Gasteiger partial charge in [-0.2, -0.15) is 0 Å². The molecule has 0 spiro atoms. The van der Waals surface area contributed by atoms with Crippen LogP contribution in [-0.2, 0) is 11.3 Å². The molecule has 4 rings (SSSR count). The van der Waals surface area contributed by atoms with Gasteiger partial charge in [0.25, 0.3) is 5.91 Å². The number of methoxy groups -OCH3 is 2. The smallest absolute Gasteiger partial charge is 0.255 e. The summed E-state index contributed by atoms with van der Waals surface area (Å²) in [4.78, 5) is 25.1. The molecule has 1 aromatic heterocycles. The average molecular weight is 484 g/mol. The predicted octanol–water partition coefficient (Wildman–Crippen LogP) is 4.25. The van der Waals surface area contributed by atoms with Gasteiger partial charge in [0, 0.05) is 23.8 Å². The number of carbonyl (C=O) groups excluding carboxylic acids is 2. The lowest BCUT2D eigenvalue weighted by atomic mass is 10.2. The van der Waals surface area contributed by atoms with E-state index in [4.69, 9.17) is 9.47 Å². The molecule has 182 valence electrons. The van der Waals surface area contributed by atoms with E-state index in [9.17, 15) is 9.59 Å². The number of hydrogen-bond donors (Lipinski definition) is 2. The van der Waals surface area contributed by atoms with Crippen LogP contribution in [0.25, 0.3) is 6.08 Å². The quantitative estimate of drug-likeness (QED) is 0.345. The molecule has 36 heavy (non-hydrogen) atoms. The summed E-state index contributed by atoms with van der Waals surface area (Å²) in [5.74, 6) is 0.0305. The number of amides is 2. The van der Waals surface area contributed by atoms with E-state index in [1.807, 2.05) is 36.4 Å². The Hall–Kier alpha value is -4.92. The standard InChI is InChI=1S/C27H25N5O4/c1-35-24-16-23(29-27(34)20-11-7-4-8-12-20)25(36-2)15-22(24)28-26(33)14-13-21-18-32(31-30-21)17-19-9-5-3-6-10-19/h3-16,18H,17H2,1-2H3,(H,28,33)(H,29,34)/b14-13+. The number of nitrogens with one attached hydrogen (secondary N) is 2. The van der Waals surface area contributed by atoms with Gasteiger partial charge in [-0.3, -0.25) is 9.59 Å². The molecular formula is C27H25N5O4. The Labute approximate surface area is 208 Å². The number of benzene rings is 3. The van der Waals surface area contributed by atoms with Crippen molar-refractivity contribution in [3.05, 3.63) is 102 Å². The SMILES string of the molecule is COc1cc(NC(=O)c2ccccc2)c(OC)cc1NC(=O)/C=C/c1cn(Cc2ccccc2)nn1. The second-order valence-corrected chi connectivity index (χ2v) is 7.72. The first-order chi connectivity index (χ1) is 17.6. The zero-order valence-electron chi connectivity index (χ0n) is 19.8. The molecule has 4 aromatic rings. The van der Waals surface area contributed by atoms with E-state index in [0.29, 0.717) is 40.7 Å². The number of hydrogen-bond acceptors (Lipinski definition) is 6. The number of rotatable bonds is 9. The van der Waals surface area contributed by atoms with E-state index < -0.39 is 5.91 Å². The van der Waals surface area contributed by atoms with E-state index in [1.165, 1.54) is 20.3 Å². The fourth-order valence-corrected chi connectivity index (χ4v) is 3.45. The molecule has 0 aliphatic heterocycles. The zero-order valence-corrected chi connectivity index (χ0v) is 19.8. The van der Waals surface area contributed by atoms with Gasteiger partial charge in [-0.15, -0.1) is 5.10 Å². The van der Waals surface area contributed by atoms with Crippen molar-refractivity contribution in [3.8, 4) is 11.5 Å². The van der Waals surface area contributed by atoms with Crippen molar-refractivity contribution < 1.29 is 19.1 Å². The number of carbonyl (C=O) groups is 2. The monoisotopic (exact) mass is 483 g/mol. The third-order valence-electron chi connectivity index (χ3n) is 5.21. The maximum Gasteiger partial charge on any atom is 0.255 e. The summed E-state index contributed by atoms with van der Waals surface area (Å²) in [5, 5.41) is 13.7. The van der Waals surface area contributed by atoms with Crippen molar-refractivity contribution in [2.75, 3.05) is 24.9 Å². The molecule has 3 aromatic carbocycles. The molecule has 9 nitrogen and oxygen atoms in total. The second-order valence-electron chi connectivity index (χ2n) is 7.72. The Morgan fingerprint density at radius 3 is 2.14 bits per heavy atom. The van der Waals surface area contributed by atoms with Gasteiger partial charge < -0.3 is 20.1 Å². The average Bonchev–Trinajstić information content (AvgIpc) is 3.36. The highest BCUT2D eigenvalue weighted by molar-refractivity contribution is 6.06. The topological polar surface area (TPSA) is 107 Å². The molecule has 0 saturated heterocycles. The van der Waals surface area contributed by atoms with Crippen molar-refractivity contribution in [3.63, 3.8) is 0 Å². The fourth-order valence-electron chi connectivity index (χ4n) is 3.45. The minimum absolute atomic E-state index is 0.295. The second kappa shape index (κ2) is 11.5. The van der Waals surface area contributed by atoms with Crippen LogP contribution in [0, 0.1) is 0 Å². The summed E-state index contributed by atoms with van der Waals surface area (Å²) >= 11 is 0. The molecule has 0 unspecified atom stereocenters. The first-order valence-corrected chi connectivity index (χ1v) is 11.1. The first kappa shape index (κ1) is 24.2. The Kier molecular flexibility index (Phi) is 7.72. The molecule has 2 N–H and O–H groups in total. The largest absolute Gasteiger partial charge is 0.494 e. The van der Waals surface area contributed by atoms with Gasteiger partial charge in [0.15, 0.2) is 0 Å². The summed E-state index contributed by atoms with van der Waals surface area (Å²) in [6.45, 7) is 0.581. The van der Waals surface area contributed by atoms with Crippen LogP contribution in [-0.4, -0.2) is 41.0 Å². The fraction of sp³-hybridized carbons (Fsp3) is 0.111. The molecule has 9 heteroatoms. The third kappa shape index (κ3) is 6.15. The lowest BCUT2D eigenvalue weighted by Gasteiger charge is -2.15. The van der Waals surface area contributed by atoms with Crippen LogP contribution in [0.2, 0.25) is 0 Å².